The Morgan fingerprint density at radius 2 is 2.29 bits per heavy atom. The maximum absolute atomic E-state index is 13.8. The second-order valence-electron chi connectivity index (χ2n) is 5.90. The van der Waals surface area contributed by atoms with Crippen molar-refractivity contribution in [3.8, 4) is 0 Å². The number of nitrogens with zero attached hydrogens (tertiary/aromatic N) is 4. The van der Waals surface area contributed by atoms with Gasteiger partial charge in [0, 0.05) is 25.3 Å². The van der Waals surface area contributed by atoms with Crippen LogP contribution in [0.4, 0.5) is 10.2 Å². The zero-order chi connectivity index (χ0) is 17.1. The van der Waals surface area contributed by atoms with E-state index >= 15 is 0 Å². The smallest absolute Gasteiger partial charge is 0.253 e. The minimum absolute atomic E-state index is 0.0449. The predicted molar refractivity (Wildman–Crippen MR) is 88.4 cm³/mol. The standard InChI is InChI=1S/C17H20FN5O/c1-3-12-9-14(11(2)21-22-12)17(24)20-13-6-8-23(10-13)16-15(18)5-4-7-19-16/h4-5,7,9,13H,3,6,8,10H2,1-2H3,(H,20,24). The van der Waals surface area contributed by atoms with Crippen LogP contribution in [0.15, 0.2) is 24.4 Å². The van der Waals surface area contributed by atoms with Crippen LogP contribution < -0.4 is 10.2 Å². The first-order valence-corrected chi connectivity index (χ1v) is 8.08. The minimum atomic E-state index is -0.341. The molecule has 2 aromatic heterocycles. The van der Waals surface area contributed by atoms with E-state index in [9.17, 15) is 9.18 Å². The topological polar surface area (TPSA) is 71.0 Å². The molecule has 7 heteroatoms. The third-order valence-corrected chi connectivity index (χ3v) is 4.20. The molecule has 0 aliphatic carbocycles. The van der Waals surface area contributed by atoms with E-state index in [4.69, 9.17) is 0 Å². The molecule has 1 aliphatic heterocycles. The molecule has 6 nitrogen and oxygen atoms in total. The van der Waals surface area contributed by atoms with Gasteiger partial charge in [0.25, 0.3) is 5.91 Å². The molecule has 0 aromatic carbocycles. The van der Waals surface area contributed by atoms with Gasteiger partial charge in [-0.2, -0.15) is 10.2 Å². The van der Waals surface area contributed by atoms with E-state index in [0.29, 0.717) is 30.2 Å². The third-order valence-electron chi connectivity index (χ3n) is 4.20. The normalized spacial score (nSPS) is 17.1. The zero-order valence-electron chi connectivity index (χ0n) is 13.8. The Balaban J connectivity index is 1.67. The van der Waals surface area contributed by atoms with Crippen LogP contribution in [0.5, 0.6) is 0 Å². The van der Waals surface area contributed by atoms with Gasteiger partial charge in [0.05, 0.1) is 17.0 Å². The highest BCUT2D eigenvalue weighted by Crippen LogP contribution is 2.21. The van der Waals surface area contributed by atoms with Gasteiger partial charge in [-0.15, -0.1) is 0 Å². The molecule has 2 aromatic rings. The summed E-state index contributed by atoms with van der Waals surface area (Å²) in [6.45, 7) is 4.94. The van der Waals surface area contributed by atoms with Crippen molar-refractivity contribution in [2.45, 2.75) is 32.7 Å². The summed E-state index contributed by atoms with van der Waals surface area (Å²) in [5.41, 5.74) is 1.94. The highest BCUT2D eigenvalue weighted by atomic mass is 19.1. The van der Waals surface area contributed by atoms with Crippen molar-refractivity contribution in [2.24, 2.45) is 0 Å². The molecule has 3 heterocycles. The second-order valence-corrected chi connectivity index (χ2v) is 5.90. The Bertz CT molecular complexity index is 752. The maximum Gasteiger partial charge on any atom is 0.253 e. The van der Waals surface area contributed by atoms with Gasteiger partial charge in [0.15, 0.2) is 11.6 Å². The summed E-state index contributed by atoms with van der Waals surface area (Å²) in [6.07, 6.45) is 3.05. The van der Waals surface area contributed by atoms with E-state index in [1.807, 2.05) is 11.8 Å². The molecule has 126 valence electrons. The molecule has 0 saturated carbocycles. The van der Waals surface area contributed by atoms with E-state index in [2.05, 4.69) is 20.5 Å². The lowest BCUT2D eigenvalue weighted by molar-refractivity contribution is 0.0939. The highest BCUT2D eigenvalue weighted by molar-refractivity contribution is 5.95. The largest absolute Gasteiger partial charge is 0.352 e. The lowest BCUT2D eigenvalue weighted by Gasteiger charge is -2.18. The summed E-state index contributed by atoms with van der Waals surface area (Å²) in [5.74, 6) is -0.166. The molecule has 1 amide bonds. The summed E-state index contributed by atoms with van der Waals surface area (Å²) in [4.78, 5) is 18.5. The number of amides is 1. The van der Waals surface area contributed by atoms with Gasteiger partial charge in [0.1, 0.15) is 0 Å². The Morgan fingerprint density at radius 1 is 1.46 bits per heavy atom. The van der Waals surface area contributed by atoms with Crippen molar-refractivity contribution in [3.05, 3.63) is 47.2 Å². The fourth-order valence-corrected chi connectivity index (χ4v) is 2.84. The molecule has 1 aliphatic rings. The van der Waals surface area contributed by atoms with Crippen molar-refractivity contribution in [1.82, 2.24) is 20.5 Å². The number of rotatable bonds is 4. The molecule has 0 bridgehead atoms. The predicted octanol–water partition coefficient (Wildman–Crippen LogP) is 1.89. The first kappa shape index (κ1) is 16.3. The summed E-state index contributed by atoms with van der Waals surface area (Å²) in [6, 6.07) is 4.70. The quantitative estimate of drug-likeness (QED) is 0.927. The van der Waals surface area contributed by atoms with E-state index in [0.717, 1.165) is 18.5 Å². The van der Waals surface area contributed by atoms with Crippen LogP contribution in [-0.2, 0) is 6.42 Å². The van der Waals surface area contributed by atoms with Gasteiger partial charge in [-0.05, 0) is 38.0 Å². The van der Waals surface area contributed by atoms with Crippen LogP contribution in [-0.4, -0.2) is 40.2 Å². The third kappa shape index (κ3) is 3.34. The number of aromatic nitrogens is 3. The molecule has 1 atom stereocenters. The van der Waals surface area contributed by atoms with Gasteiger partial charge >= 0.3 is 0 Å². The number of nitrogens with one attached hydrogen (secondary N) is 1. The van der Waals surface area contributed by atoms with Gasteiger partial charge in [0.2, 0.25) is 0 Å². The summed E-state index contributed by atoms with van der Waals surface area (Å²) in [5, 5.41) is 11.1. The van der Waals surface area contributed by atoms with Crippen LogP contribution in [0, 0.1) is 12.7 Å². The van der Waals surface area contributed by atoms with Gasteiger partial charge in [-0.3, -0.25) is 4.79 Å². The molecule has 24 heavy (non-hydrogen) atoms. The van der Waals surface area contributed by atoms with Gasteiger partial charge in [-0.1, -0.05) is 6.92 Å². The fourth-order valence-electron chi connectivity index (χ4n) is 2.84. The van der Waals surface area contributed by atoms with Crippen molar-refractivity contribution >= 4 is 11.7 Å². The summed E-state index contributed by atoms with van der Waals surface area (Å²) < 4.78 is 13.8. The van der Waals surface area contributed by atoms with Gasteiger partial charge in [-0.25, -0.2) is 9.37 Å². The van der Waals surface area contributed by atoms with Crippen LogP contribution >= 0.6 is 0 Å². The number of hydrogen-bond acceptors (Lipinski definition) is 5. The van der Waals surface area contributed by atoms with Crippen LogP contribution in [0.2, 0.25) is 0 Å². The number of carbonyl (C=O) groups excluding carboxylic acids is 1. The number of pyridine rings is 1. The Labute approximate surface area is 140 Å². The molecular weight excluding hydrogens is 309 g/mol. The molecule has 0 radical (unpaired) electrons. The molecule has 1 N–H and O–H groups in total. The lowest BCUT2D eigenvalue weighted by Crippen LogP contribution is -2.37. The summed E-state index contributed by atoms with van der Waals surface area (Å²) in [7, 11) is 0. The maximum atomic E-state index is 13.8. The molecule has 1 unspecified atom stereocenters. The minimum Gasteiger partial charge on any atom is -0.352 e. The fraction of sp³-hybridized carbons (Fsp3) is 0.412. The average Bonchev–Trinajstić information content (AvgIpc) is 3.04. The van der Waals surface area contributed by atoms with Crippen molar-refractivity contribution in [3.63, 3.8) is 0 Å². The first-order valence-electron chi connectivity index (χ1n) is 8.08. The summed E-state index contributed by atoms with van der Waals surface area (Å²) >= 11 is 0. The van der Waals surface area contributed by atoms with E-state index in [1.54, 1.807) is 25.3 Å². The van der Waals surface area contributed by atoms with E-state index in [1.165, 1.54) is 6.07 Å². The molecule has 0 spiro atoms. The van der Waals surface area contributed by atoms with E-state index in [-0.39, 0.29) is 17.8 Å². The van der Waals surface area contributed by atoms with Crippen molar-refractivity contribution in [1.29, 1.82) is 0 Å². The SMILES string of the molecule is CCc1cc(C(=O)NC2CCN(c3ncccc3F)C2)c(C)nn1. The second kappa shape index (κ2) is 6.90. The zero-order valence-corrected chi connectivity index (χ0v) is 13.8. The van der Waals surface area contributed by atoms with Gasteiger partial charge < -0.3 is 10.2 Å². The van der Waals surface area contributed by atoms with Crippen LogP contribution in [0.25, 0.3) is 0 Å². The van der Waals surface area contributed by atoms with Crippen LogP contribution in [0.3, 0.4) is 0 Å². The average molecular weight is 329 g/mol. The molecular formula is C17H20FN5O. The Morgan fingerprint density at radius 3 is 3.04 bits per heavy atom. The Kier molecular flexibility index (Phi) is 4.69. The number of hydrogen-bond donors (Lipinski definition) is 1. The number of carbonyl (C=O) groups is 1. The van der Waals surface area contributed by atoms with Crippen LogP contribution in [0.1, 0.15) is 35.1 Å². The Hall–Kier alpha value is -2.57. The first-order chi connectivity index (χ1) is 11.6. The van der Waals surface area contributed by atoms with Crippen molar-refractivity contribution in [2.75, 3.05) is 18.0 Å². The molecule has 1 saturated heterocycles. The lowest BCUT2D eigenvalue weighted by atomic mass is 10.1. The monoisotopic (exact) mass is 329 g/mol. The van der Waals surface area contributed by atoms with E-state index < -0.39 is 0 Å². The number of anilines is 1. The van der Waals surface area contributed by atoms with Crippen molar-refractivity contribution < 1.29 is 9.18 Å². The molecule has 3 rings (SSSR count). The molecule has 1 fully saturated rings. The highest BCUT2D eigenvalue weighted by Gasteiger charge is 2.27. The number of aryl methyl sites for hydroxylation is 2. The number of halogens is 1.